The van der Waals surface area contributed by atoms with Gasteiger partial charge in [0.25, 0.3) is 0 Å². The van der Waals surface area contributed by atoms with Crippen molar-refractivity contribution in [2.24, 2.45) is 0 Å². The van der Waals surface area contributed by atoms with Gasteiger partial charge in [0.05, 0.1) is 12.3 Å². The maximum atomic E-state index is 11.4. The van der Waals surface area contributed by atoms with Crippen LogP contribution in [0.5, 0.6) is 0 Å². The summed E-state index contributed by atoms with van der Waals surface area (Å²) in [5, 5.41) is 10.5. The molecule has 7 heteroatoms. The van der Waals surface area contributed by atoms with Gasteiger partial charge in [-0.15, -0.1) is 0 Å². The van der Waals surface area contributed by atoms with Crippen molar-refractivity contribution >= 4 is 23.4 Å². The van der Waals surface area contributed by atoms with Gasteiger partial charge >= 0.3 is 11.8 Å². The van der Waals surface area contributed by atoms with Crippen LogP contribution >= 0.6 is 0 Å². The van der Waals surface area contributed by atoms with Gasteiger partial charge in [0, 0.05) is 6.08 Å². The van der Waals surface area contributed by atoms with E-state index >= 15 is 0 Å². The largest absolute Gasteiger partial charge is 0.464 e. The molecular weight excluding hydrogens is 240 g/mol. The third kappa shape index (κ3) is 2.36. The van der Waals surface area contributed by atoms with Crippen molar-refractivity contribution in [2.75, 3.05) is 0 Å². The zero-order valence-electron chi connectivity index (χ0n) is 9.16. The Morgan fingerprint density at radius 2 is 2.17 bits per heavy atom. The molecule has 0 aliphatic heterocycles. The molecular formula is C11H9N2O5+. The van der Waals surface area contributed by atoms with Crippen molar-refractivity contribution < 1.29 is 24.3 Å². The summed E-state index contributed by atoms with van der Waals surface area (Å²) in [6.45, 7) is 0. The predicted molar refractivity (Wildman–Crippen MR) is 59.8 cm³/mol. The number of hydrogen-bond acceptors (Lipinski definition) is 5. The van der Waals surface area contributed by atoms with Crippen LogP contribution in [-0.4, -0.2) is 10.8 Å². The number of hydrogen-bond donors (Lipinski definition) is 1. The first kappa shape index (κ1) is 11.8. The van der Waals surface area contributed by atoms with Crippen LogP contribution in [-0.2, 0) is 4.79 Å². The highest BCUT2D eigenvalue weighted by atomic mass is 16.6. The van der Waals surface area contributed by atoms with Gasteiger partial charge in [0.2, 0.25) is 0 Å². The zero-order valence-corrected chi connectivity index (χ0v) is 9.16. The number of furan rings is 2. The molecule has 0 bridgehead atoms. The van der Waals surface area contributed by atoms with Crippen LogP contribution in [0.25, 0.3) is 11.6 Å². The Balaban J connectivity index is 2.39. The molecule has 0 saturated carbocycles. The van der Waals surface area contributed by atoms with E-state index < -0.39 is 16.7 Å². The summed E-state index contributed by atoms with van der Waals surface area (Å²) in [5.74, 6) is -0.347. The molecule has 0 atom stereocenters. The summed E-state index contributed by atoms with van der Waals surface area (Å²) in [5.41, 5.74) is 3.47. The van der Waals surface area contributed by atoms with Crippen LogP contribution in [0.3, 0.4) is 0 Å². The lowest BCUT2D eigenvalue weighted by atomic mass is 10.1. The molecule has 2 aromatic heterocycles. The lowest BCUT2D eigenvalue weighted by Gasteiger charge is -1.94. The number of carbonyl (C=O) groups excluding carboxylic acids is 1. The smallest absolute Gasteiger partial charge is 0.433 e. The topological polar surface area (TPSA) is 114 Å². The molecule has 0 fully saturated rings. The van der Waals surface area contributed by atoms with E-state index in [4.69, 9.17) is 8.83 Å². The van der Waals surface area contributed by atoms with E-state index in [1.807, 2.05) is 0 Å². The Hall–Kier alpha value is -2.67. The molecule has 0 spiro atoms. The highest BCUT2D eigenvalue weighted by Gasteiger charge is 2.17. The van der Waals surface area contributed by atoms with E-state index in [2.05, 4.69) is 5.73 Å². The van der Waals surface area contributed by atoms with Crippen molar-refractivity contribution in [3.05, 3.63) is 52.2 Å². The monoisotopic (exact) mass is 249 g/mol. The van der Waals surface area contributed by atoms with Gasteiger partial charge in [-0.2, -0.15) is 0 Å². The number of amides is 1. The van der Waals surface area contributed by atoms with E-state index in [-0.39, 0.29) is 11.3 Å². The zero-order chi connectivity index (χ0) is 13.1. The van der Waals surface area contributed by atoms with E-state index in [1.165, 1.54) is 24.5 Å². The van der Waals surface area contributed by atoms with Crippen LogP contribution in [0, 0.1) is 10.1 Å². The second-order valence-electron chi connectivity index (χ2n) is 3.39. The molecule has 2 rings (SSSR count). The van der Waals surface area contributed by atoms with Gasteiger partial charge in [-0.3, -0.25) is 15.8 Å². The lowest BCUT2D eigenvalue weighted by Crippen LogP contribution is -2.57. The first-order valence-corrected chi connectivity index (χ1v) is 4.94. The Labute approximate surface area is 101 Å². The number of nitrogens with zero attached hydrogens (tertiary/aromatic N) is 1. The fraction of sp³-hybridized carbons (Fsp3) is 0. The molecule has 92 valence electrons. The summed E-state index contributed by atoms with van der Waals surface area (Å²) in [6, 6.07) is 5.81. The highest BCUT2D eigenvalue weighted by Crippen LogP contribution is 2.22. The average molecular weight is 249 g/mol. The van der Waals surface area contributed by atoms with Gasteiger partial charge in [0.15, 0.2) is 0 Å². The summed E-state index contributed by atoms with van der Waals surface area (Å²) < 4.78 is 10.0. The minimum atomic E-state index is -0.657. The minimum absolute atomic E-state index is 0.184. The molecule has 0 radical (unpaired) electrons. The predicted octanol–water partition coefficient (Wildman–Crippen LogP) is 1.09. The molecule has 2 heterocycles. The maximum Gasteiger partial charge on any atom is 0.433 e. The first-order valence-electron chi connectivity index (χ1n) is 4.94. The molecule has 1 amide bonds. The molecule has 0 aliphatic carbocycles. The second-order valence-corrected chi connectivity index (χ2v) is 3.39. The summed E-state index contributed by atoms with van der Waals surface area (Å²) in [7, 11) is 0. The molecule has 0 unspecified atom stereocenters. The average Bonchev–Trinajstić information content (AvgIpc) is 2.96. The van der Waals surface area contributed by atoms with Gasteiger partial charge in [0.1, 0.15) is 22.0 Å². The van der Waals surface area contributed by atoms with E-state index in [0.717, 1.165) is 0 Å². The van der Waals surface area contributed by atoms with Crippen LogP contribution in [0.1, 0.15) is 11.5 Å². The summed E-state index contributed by atoms with van der Waals surface area (Å²) in [6.07, 6.45) is 2.76. The molecule has 7 nitrogen and oxygen atoms in total. The Morgan fingerprint density at radius 3 is 2.67 bits per heavy atom. The maximum absolute atomic E-state index is 11.4. The number of rotatable bonds is 4. The van der Waals surface area contributed by atoms with E-state index in [9.17, 15) is 14.9 Å². The fourth-order valence-electron chi connectivity index (χ4n) is 1.38. The van der Waals surface area contributed by atoms with Gasteiger partial charge in [-0.25, -0.2) is 4.79 Å². The second kappa shape index (κ2) is 4.68. The SMILES string of the molecule is [NH3+]C(=O)/C(=C\c1ccc([N+](=O)[O-])o1)c1ccco1. The normalized spacial score (nSPS) is 11.5. The van der Waals surface area contributed by atoms with Crippen LogP contribution in [0.4, 0.5) is 5.88 Å². The van der Waals surface area contributed by atoms with Crippen molar-refractivity contribution in [3.8, 4) is 0 Å². The molecule has 0 aromatic carbocycles. The van der Waals surface area contributed by atoms with Crippen LogP contribution < -0.4 is 5.73 Å². The fourth-order valence-corrected chi connectivity index (χ4v) is 1.38. The lowest BCUT2D eigenvalue weighted by molar-refractivity contribution is -0.402. The van der Waals surface area contributed by atoms with Gasteiger partial charge in [-0.1, -0.05) is 0 Å². The third-order valence-corrected chi connectivity index (χ3v) is 2.17. The highest BCUT2D eigenvalue weighted by molar-refractivity contribution is 6.18. The molecule has 18 heavy (non-hydrogen) atoms. The Morgan fingerprint density at radius 1 is 1.39 bits per heavy atom. The Bertz CT molecular complexity index is 609. The Kier molecular flexibility index (Phi) is 3.07. The van der Waals surface area contributed by atoms with Crippen molar-refractivity contribution in [1.82, 2.24) is 0 Å². The molecule has 0 aliphatic rings. The third-order valence-electron chi connectivity index (χ3n) is 2.17. The number of quaternary nitrogens is 1. The quantitative estimate of drug-likeness (QED) is 0.494. The van der Waals surface area contributed by atoms with Gasteiger partial charge < -0.3 is 8.83 Å². The summed E-state index contributed by atoms with van der Waals surface area (Å²) >= 11 is 0. The first-order chi connectivity index (χ1) is 8.58. The van der Waals surface area contributed by atoms with Crippen molar-refractivity contribution in [1.29, 1.82) is 0 Å². The van der Waals surface area contributed by atoms with E-state index in [0.29, 0.717) is 5.76 Å². The van der Waals surface area contributed by atoms with Crippen molar-refractivity contribution in [3.63, 3.8) is 0 Å². The van der Waals surface area contributed by atoms with Crippen LogP contribution in [0.15, 0.2) is 39.4 Å². The number of carbonyl (C=O) groups is 1. The number of nitro groups is 1. The summed E-state index contributed by atoms with van der Waals surface area (Å²) in [4.78, 5) is 21.2. The molecule has 0 saturated heterocycles. The standard InChI is InChI=1S/C11H8N2O5/c12-11(14)8(9-2-1-5-17-9)6-7-3-4-10(18-7)13(15)16/h1-6H,(H2,12,14)/p+1/b8-6-. The van der Waals surface area contributed by atoms with Crippen molar-refractivity contribution in [2.45, 2.75) is 0 Å². The van der Waals surface area contributed by atoms with Crippen LogP contribution in [0.2, 0.25) is 0 Å². The molecule has 3 N–H and O–H groups in total. The van der Waals surface area contributed by atoms with E-state index in [1.54, 1.807) is 12.1 Å². The minimum Gasteiger partial charge on any atom is -0.464 e. The van der Waals surface area contributed by atoms with Gasteiger partial charge in [-0.05, 0) is 18.2 Å². The molecule has 2 aromatic rings.